The van der Waals surface area contributed by atoms with Crippen molar-refractivity contribution in [3.05, 3.63) is 89.1 Å². The molecule has 7 heteroatoms. The fraction of sp³-hybridized carbons (Fsp3) is 0.217. The van der Waals surface area contributed by atoms with Crippen molar-refractivity contribution in [3.8, 4) is 0 Å². The molecule has 0 unspecified atom stereocenters. The van der Waals surface area contributed by atoms with Gasteiger partial charge in [-0.3, -0.25) is 14.7 Å². The highest BCUT2D eigenvalue weighted by Gasteiger charge is 2.38. The molecule has 1 aliphatic rings. The number of aromatic nitrogens is 1. The van der Waals surface area contributed by atoms with Crippen molar-refractivity contribution in [1.82, 2.24) is 9.88 Å². The summed E-state index contributed by atoms with van der Waals surface area (Å²) in [5.74, 6) is 0.727. The number of rotatable bonds is 6. The van der Waals surface area contributed by atoms with Gasteiger partial charge in [0.1, 0.15) is 5.76 Å². The number of benzene rings is 1. The van der Waals surface area contributed by atoms with Crippen LogP contribution in [0.4, 0.5) is 0 Å². The molecule has 1 atom stereocenters. The maximum Gasteiger partial charge on any atom is 0.242 e. The van der Waals surface area contributed by atoms with Gasteiger partial charge in [0.15, 0.2) is 5.17 Å². The molecular weight excluding hydrogens is 396 g/mol. The van der Waals surface area contributed by atoms with Crippen molar-refractivity contribution in [2.24, 2.45) is 10.2 Å². The molecule has 0 aliphatic carbocycles. The molecule has 4 rings (SSSR count). The van der Waals surface area contributed by atoms with Crippen LogP contribution >= 0.6 is 11.8 Å². The molecule has 0 radical (unpaired) electrons. The molecule has 1 amide bonds. The second-order valence-corrected chi connectivity index (χ2v) is 8.32. The first-order chi connectivity index (χ1) is 14.6. The van der Waals surface area contributed by atoms with Crippen LogP contribution in [-0.4, -0.2) is 32.4 Å². The minimum absolute atomic E-state index is 0.0185. The highest BCUT2D eigenvalue weighted by atomic mass is 32.2. The first-order valence-electron chi connectivity index (χ1n) is 9.68. The summed E-state index contributed by atoms with van der Waals surface area (Å²) in [5.41, 5.74) is 4.46. The molecule has 3 heterocycles. The second-order valence-electron chi connectivity index (χ2n) is 7.15. The standard InChI is InChI=1S/C23H22N4O2S/c1-16-7-8-18(11-17(16)2)12-21-22(28)27(15-20-6-4-10-29-20)23(30-21)26-25-14-19-5-3-9-24-13-19/h3-11,13-14,21H,12,15H2,1-2H3/b25-14-,26-23-/t21-/m1/s1. The molecule has 30 heavy (non-hydrogen) atoms. The molecule has 1 aromatic carbocycles. The Hall–Kier alpha value is -3.19. The van der Waals surface area contributed by atoms with Gasteiger partial charge in [-0.25, -0.2) is 0 Å². The minimum Gasteiger partial charge on any atom is -0.467 e. The number of carbonyl (C=O) groups is 1. The molecule has 1 fully saturated rings. The largest absolute Gasteiger partial charge is 0.467 e. The molecule has 2 aromatic heterocycles. The predicted octanol–water partition coefficient (Wildman–Crippen LogP) is 4.37. The molecule has 6 nitrogen and oxygen atoms in total. The Morgan fingerprint density at radius 3 is 2.83 bits per heavy atom. The number of hydrogen-bond donors (Lipinski definition) is 0. The van der Waals surface area contributed by atoms with Gasteiger partial charge in [-0.2, -0.15) is 5.10 Å². The van der Waals surface area contributed by atoms with Crippen LogP contribution in [0.25, 0.3) is 0 Å². The topological polar surface area (TPSA) is 71.1 Å². The molecule has 1 saturated heterocycles. The summed E-state index contributed by atoms with van der Waals surface area (Å²) in [5, 5.41) is 8.85. The first kappa shape index (κ1) is 20.1. The van der Waals surface area contributed by atoms with Crippen LogP contribution in [0, 0.1) is 13.8 Å². The summed E-state index contributed by atoms with van der Waals surface area (Å²) in [4.78, 5) is 18.9. The summed E-state index contributed by atoms with van der Waals surface area (Å²) < 4.78 is 5.44. The van der Waals surface area contributed by atoms with Crippen LogP contribution < -0.4 is 0 Å². The Morgan fingerprint density at radius 1 is 1.20 bits per heavy atom. The number of pyridine rings is 1. The summed E-state index contributed by atoms with van der Waals surface area (Å²) >= 11 is 1.44. The summed E-state index contributed by atoms with van der Waals surface area (Å²) in [6, 6.07) is 13.7. The number of furan rings is 1. The monoisotopic (exact) mass is 418 g/mol. The molecule has 0 N–H and O–H groups in total. The molecule has 3 aromatic rings. The van der Waals surface area contributed by atoms with E-state index in [0.717, 1.165) is 11.1 Å². The van der Waals surface area contributed by atoms with Crippen molar-refractivity contribution in [2.75, 3.05) is 0 Å². The zero-order valence-electron chi connectivity index (χ0n) is 16.9. The summed E-state index contributed by atoms with van der Waals surface area (Å²) in [6.45, 7) is 4.51. The average Bonchev–Trinajstić information content (AvgIpc) is 3.36. The fourth-order valence-corrected chi connectivity index (χ4v) is 4.30. The van der Waals surface area contributed by atoms with Crippen molar-refractivity contribution in [1.29, 1.82) is 0 Å². The predicted molar refractivity (Wildman–Crippen MR) is 120 cm³/mol. The lowest BCUT2D eigenvalue weighted by Gasteiger charge is -2.14. The molecule has 152 valence electrons. The number of thioether (sulfide) groups is 1. The van der Waals surface area contributed by atoms with Gasteiger partial charge in [0.05, 0.1) is 24.3 Å². The van der Waals surface area contributed by atoms with Crippen LogP contribution in [0.2, 0.25) is 0 Å². The van der Waals surface area contributed by atoms with Gasteiger partial charge >= 0.3 is 0 Å². The van der Waals surface area contributed by atoms with Crippen LogP contribution in [0.5, 0.6) is 0 Å². The van der Waals surface area contributed by atoms with Gasteiger partial charge in [0.2, 0.25) is 5.91 Å². The Bertz CT molecular complexity index is 1080. The Balaban J connectivity index is 1.56. The van der Waals surface area contributed by atoms with Gasteiger partial charge < -0.3 is 4.42 Å². The minimum atomic E-state index is -0.241. The van der Waals surface area contributed by atoms with E-state index in [4.69, 9.17) is 4.42 Å². The third-order valence-electron chi connectivity index (χ3n) is 4.94. The second kappa shape index (κ2) is 9.09. The number of nitrogens with zero attached hydrogens (tertiary/aromatic N) is 4. The Labute approximate surface area is 179 Å². The molecular formula is C23H22N4O2S. The molecule has 0 bridgehead atoms. The van der Waals surface area contributed by atoms with E-state index in [2.05, 4.69) is 47.2 Å². The van der Waals surface area contributed by atoms with Gasteiger partial charge in [0.25, 0.3) is 0 Å². The Kier molecular flexibility index (Phi) is 6.09. The number of aryl methyl sites for hydroxylation is 2. The van der Waals surface area contributed by atoms with Gasteiger partial charge in [-0.15, -0.1) is 5.10 Å². The van der Waals surface area contributed by atoms with E-state index in [0.29, 0.717) is 23.9 Å². The summed E-state index contributed by atoms with van der Waals surface area (Å²) in [6.07, 6.45) is 7.29. The van der Waals surface area contributed by atoms with Crippen LogP contribution in [0.3, 0.4) is 0 Å². The van der Waals surface area contributed by atoms with Crippen molar-refractivity contribution < 1.29 is 9.21 Å². The van der Waals surface area contributed by atoms with Crippen LogP contribution in [0.15, 0.2) is 75.7 Å². The van der Waals surface area contributed by atoms with Crippen molar-refractivity contribution in [3.63, 3.8) is 0 Å². The van der Waals surface area contributed by atoms with E-state index in [1.807, 2.05) is 24.3 Å². The van der Waals surface area contributed by atoms with Crippen molar-refractivity contribution in [2.45, 2.75) is 32.1 Å². The van der Waals surface area contributed by atoms with Crippen LogP contribution in [-0.2, 0) is 17.8 Å². The quantitative estimate of drug-likeness (QED) is 0.440. The molecule has 0 saturated carbocycles. The summed E-state index contributed by atoms with van der Waals surface area (Å²) in [7, 11) is 0. The third-order valence-corrected chi connectivity index (χ3v) is 6.11. The highest BCUT2D eigenvalue weighted by molar-refractivity contribution is 8.15. The van der Waals surface area contributed by atoms with E-state index in [1.165, 1.54) is 22.9 Å². The third kappa shape index (κ3) is 4.68. The highest BCUT2D eigenvalue weighted by Crippen LogP contribution is 2.31. The molecule has 0 spiro atoms. The fourth-order valence-electron chi connectivity index (χ4n) is 3.16. The normalized spacial score (nSPS) is 18.1. The smallest absolute Gasteiger partial charge is 0.242 e. The van der Waals surface area contributed by atoms with E-state index in [-0.39, 0.29) is 11.2 Å². The van der Waals surface area contributed by atoms with Gasteiger partial charge in [-0.1, -0.05) is 36.0 Å². The number of hydrogen-bond acceptors (Lipinski definition) is 6. The Morgan fingerprint density at radius 2 is 2.10 bits per heavy atom. The lowest BCUT2D eigenvalue weighted by molar-refractivity contribution is -0.126. The maximum absolute atomic E-state index is 13.2. The average molecular weight is 419 g/mol. The number of amides is 1. The van der Waals surface area contributed by atoms with Gasteiger partial charge in [-0.05, 0) is 55.2 Å². The van der Waals surface area contributed by atoms with Gasteiger partial charge in [0, 0.05) is 18.0 Å². The van der Waals surface area contributed by atoms with E-state index in [1.54, 1.807) is 29.8 Å². The lowest BCUT2D eigenvalue weighted by Crippen LogP contribution is -2.32. The maximum atomic E-state index is 13.2. The van der Waals surface area contributed by atoms with Crippen LogP contribution in [0.1, 0.15) is 28.0 Å². The zero-order valence-corrected chi connectivity index (χ0v) is 17.7. The van der Waals surface area contributed by atoms with E-state index < -0.39 is 0 Å². The first-order valence-corrected chi connectivity index (χ1v) is 10.6. The van der Waals surface area contributed by atoms with E-state index in [9.17, 15) is 4.79 Å². The SMILES string of the molecule is Cc1ccc(C[C@H]2S/C(=N\N=C/c3cccnc3)N(Cc3ccco3)C2=O)cc1C. The zero-order chi connectivity index (χ0) is 20.9. The van der Waals surface area contributed by atoms with Crippen molar-refractivity contribution >= 4 is 29.1 Å². The lowest BCUT2D eigenvalue weighted by atomic mass is 10.0. The molecule has 1 aliphatic heterocycles. The number of amidine groups is 1. The van der Waals surface area contributed by atoms with E-state index >= 15 is 0 Å². The number of carbonyl (C=O) groups excluding carboxylic acids is 1.